The van der Waals surface area contributed by atoms with Crippen LogP contribution >= 0.6 is 15.9 Å². The topological polar surface area (TPSA) is 124 Å². The second-order valence-electron chi connectivity index (χ2n) is 12.4. The molecule has 0 saturated carbocycles. The number of halogens is 1. The Morgan fingerprint density at radius 3 is 2.58 bits per heavy atom. The van der Waals surface area contributed by atoms with Crippen LogP contribution in [0.15, 0.2) is 64.1 Å². The number of aromatic hydroxyl groups is 1. The van der Waals surface area contributed by atoms with Crippen molar-refractivity contribution in [2.45, 2.75) is 77.1 Å². The number of rotatable bonds is 13. The van der Waals surface area contributed by atoms with Crippen molar-refractivity contribution in [2.75, 3.05) is 6.54 Å². The quantitative estimate of drug-likeness (QED) is 0.0707. The van der Waals surface area contributed by atoms with E-state index in [0.29, 0.717) is 50.6 Å². The van der Waals surface area contributed by atoms with E-state index >= 15 is 0 Å². The fraction of sp³-hybridized carbons (Fsp3) is 0.457. The van der Waals surface area contributed by atoms with Crippen LogP contribution in [0.25, 0.3) is 11.6 Å². The number of phenolic OH excluding ortho intramolecular Hbond substituents is 1. The minimum absolute atomic E-state index is 0.0768. The van der Waals surface area contributed by atoms with Crippen LogP contribution in [0.1, 0.15) is 75.8 Å². The van der Waals surface area contributed by atoms with Crippen LogP contribution < -0.4 is 0 Å². The Hall–Kier alpha value is -3.21. The number of allylic oxidation sites excluding steroid dienone is 2. The Bertz CT molecular complexity index is 1480. The number of amides is 2. The fourth-order valence-electron chi connectivity index (χ4n) is 7.38. The van der Waals surface area contributed by atoms with Gasteiger partial charge in [0.25, 0.3) is 0 Å². The summed E-state index contributed by atoms with van der Waals surface area (Å²) in [7, 11) is -1.04. The number of carbonyl (C=O) groups excluding carboxylic acids is 2. The number of phenols is 1. The third-order valence-electron chi connectivity index (χ3n) is 9.36. The van der Waals surface area contributed by atoms with E-state index in [4.69, 9.17) is 9.76 Å². The molecule has 0 unspecified atom stereocenters. The van der Waals surface area contributed by atoms with E-state index in [9.17, 15) is 24.5 Å². The van der Waals surface area contributed by atoms with Gasteiger partial charge in [0, 0.05) is 23.0 Å². The lowest BCUT2D eigenvalue weighted by atomic mass is 9.58. The van der Waals surface area contributed by atoms with Gasteiger partial charge in [-0.3, -0.25) is 19.3 Å². The molecule has 2 aromatic rings. The average molecular weight is 678 g/mol. The number of hydrogen-bond acceptors (Lipinski definition) is 6. The smallest absolute Gasteiger partial charge is 0.455 e. The number of benzene rings is 2. The van der Waals surface area contributed by atoms with E-state index in [1.165, 1.54) is 10.5 Å². The summed E-state index contributed by atoms with van der Waals surface area (Å²) >= 11 is 3.50. The highest BCUT2D eigenvalue weighted by molar-refractivity contribution is 9.10. The maximum atomic E-state index is 13.8. The molecule has 10 heteroatoms. The molecule has 1 aliphatic carbocycles. The number of aliphatic carboxylic acids is 1. The molecule has 3 N–H and O–H groups in total. The summed E-state index contributed by atoms with van der Waals surface area (Å²) in [6.45, 7) is 2.40. The van der Waals surface area contributed by atoms with Crippen LogP contribution in [-0.2, 0) is 19.0 Å². The van der Waals surface area contributed by atoms with Crippen LogP contribution in [0.3, 0.4) is 0 Å². The number of imide groups is 1. The highest BCUT2D eigenvalue weighted by atomic mass is 79.9. The summed E-state index contributed by atoms with van der Waals surface area (Å²) in [6.07, 6.45) is 7.04. The molecule has 0 bridgehead atoms. The highest BCUT2D eigenvalue weighted by Crippen LogP contribution is 2.51. The number of nitrogens with zero attached hydrogens (tertiary/aromatic N) is 1. The molecule has 2 aliphatic heterocycles. The molecular weight excluding hydrogens is 637 g/mol. The van der Waals surface area contributed by atoms with Gasteiger partial charge in [-0.2, -0.15) is 0 Å². The lowest BCUT2D eigenvalue weighted by Crippen LogP contribution is -2.46. The van der Waals surface area contributed by atoms with Crippen LogP contribution in [-0.4, -0.2) is 57.7 Å². The first kappa shape index (κ1) is 33.2. The molecule has 8 nitrogen and oxygen atoms in total. The number of carbonyl (C=O) groups is 3. The monoisotopic (exact) mass is 677 g/mol. The molecule has 0 aromatic heterocycles. The second-order valence-corrected chi connectivity index (χ2v) is 13.3. The van der Waals surface area contributed by atoms with Gasteiger partial charge in [0.05, 0.1) is 17.9 Å². The normalized spacial score (nSPS) is 23.4. The largest absolute Gasteiger partial charge is 0.507 e. The molecule has 3 aliphatic rings. The highest BCUT2D eigenvalue weighted by Gasteiger charge is 2.56. The van der Waals surface area contributed by atoms with Crippen molar-refractivity contribution in [2.24, 2.45) is 17.8 Å². The van der Waals surface area contributed by atoms with Gasteiger partial charge in [-0.05, 0) is 91.7 Å². The molecule has 2 aromatic carbocycles. The molecular formula is C35H41BBrNO7. The van der Waals surface area contributed by atoms with E-state index in [-0.39, 0.29) is 36.2 Å². The first-order valence-corrected chi connectivity index (χ1v) is 16.8. The van der Waals surface area contributed by atoms with Gasteiger partial charge in [-0.1, -0.05) is 71.6 Å². The molecule has 45 heavy (non-hydrogen) atoms. The number of carboxylic acid groups (broad SMARTS) is 1. The van der Waals surface area contributed by atoms with Gasteiger partial charge in [-0.15, -0.1) is 0 Å². The average Bonchev–Trinajstić information content (AvgIpc) is 3.25. The van der Waals surface area contributed by atoms with Gasteiger partial charge in [0.2, 0.25) is 11.8 Å². The fourth-order valence-corrected chi connectivity index (χ4v) is 7.76. The van der Waals surface area contributed by atoms with Crippen molar-refractivity contribution in [1.29, 1.82) is 0 Å². The predicted octanol–water partition coefficient (Wildman–Crippen LogP) is 6.72. The van der Waals surface area contributed by atoms with E-state index in [1.54, 1.807) is 12.1 Å². The number of fused-ring (bicyclic) bond motifs is 3. The maximum absolute atomic E-state index is 13.8. The summed E-state index contributed by atoms with van der Waals surface area (Å²) < 4.78 is 7.07. The van der Waals surface area contributed by atoms with Crippen LogP contribution in [0.4, 0.5) is 0 Å². The van der Waals surface area contributed by atoms with Crippen LogP contribution in [0, 0.1) is 17.8 Å². The molecule has 5 rings (SSSR count). The van der Waals surface area contributed by atoms with Crippen molar-refractivity contribution in [3.8, 4) is 5.75 Å². The molecule has 2 amide bonds. The standard InChI is InChI=1S/C35H41BBrNO7/c1-2-9-24-20-27-33(35(43)38(34(27)42)17-8-4-7-12-31(40)41)28-21-36(44)45-30(32(24)28)16-13-23(22-10-5-3-6-11-22)18-25-19-26(37)14-15-29(25)39/h3,5-6,10-11,14-15,18-19,27-28,30,33,39,44H,2,4,7-9,12-13,16-17,20-21H2,1H3,(H,40,41)/b23-18-/t27-,28+,30-,33-/m1/s1. The molecule has 4 atom stereocenters. The zero-order chi connectivity index (χ0) is 32.1. The third-order valence-corrected chi connectivity index (χ3v) is 9.86. The second kappa shape index (κ2) is 14.9. The number of hydrogen-bond donors (Lipinski definition) is 3. The van der Waals surface area contributed by atoms with Crippen molar-refractivity contribution in [3.63, 3.8) is 0 Å². The van der Waals surface area contributed by atoms with Crippen molar-refractivity contribution in [3.05, 3.63) is 75.3 Å². The van der Waals surface area contributed by atoms with Crippen molar-refractivity contribution >= 4 is 52.5 Å². The summed E-state index contributed by atoms with van der Waals surface area (Å²) in [5.74, 6) is -2.21. The molecule has 0 spiro atoms. The Morgan fingerprint density at radius 1 is 1.07 bits per heavy atom. The van der Waals surface area contributed by atoms with Gasteiger partial charge in [0.1, 0.15) is 5.75 Å². The molecule has 0 radical (unpaired) electrons. The predicted molar refractivity (Wildman–Crippen MR) is 177 cm³/mol. The number of carboxylic acids is 1. The van der Waals surface area contributed by atoms with Crippen molar-refractivity contribution < 1.29 is 34.3 Å². The van der Waals surface area contributed by atoms with E-state index in [1.807, 2.05) is 42.5 Å². The Balaban J connectivity index is 1.40. The maximum Gasteiger partial charge on any atom is 0.455 e. The van der Waals surface area contributed by atoms with Gasteiger partial charge in [-0.25, -0.2) is 0 Å². The molecule has 2 saturated heterocycles. The third kappa shape index (κ3) is 7.61. The zero-order valence-electron chi connectivity index (χ0n) is 25.7. The number of unbranched alkanes of at least 4 members (excludes halogenated alkanes) is 2. The van der Waals surface area contributed by atoms with E-state index in [2.05, 4.69) is 22.9 Å². The van der Waals surface area contributed by atoms with Gasteiger partial charge >= 0.3 is 13.1 Å². The van der Waals surface area contributed by atoms with Crippen molar-refractivity contribution in [1.82, 2.24) is 4.90 Å². The molecule has 2 fully saturated rings. The zero-order valence-corrected chi connectivity index (χ0v) is 27.2. The number of likely N-dealkylation sites (tertiary alicyclic amines) is 1. The lowest BCUT2D eigenvalue weighted by Gasteiger charge is -2.43. The summed E-state index contributed by atoms with van der Waals surface area (Å²) in [6, 6.07) is 15.3. The molecule has 2 heterocycles. The minimum Gasteiger partial charge on any atom is -0.507 e. The van der Waals surface area contributed by atoms with Crippen LogP contribution in [0.2, 0.25) is 6.32 Å². The minimum atomic E-state index is -1.04. The lowest BCUT2D eigenvalue weighted by molar-refractivity contribution is -0.141. The summed E-state index contributed by atoms with van der Waals surface area (Å²) in [4.78, 5) is 39.6. The Labute approximate surface area is 273 Å². The summed E-state index contributed by atoms with van der Waals surface area (Å²) in [5, 5.41) is 30.4. The van der Waals surface area contributed by atoms with E-state index in [0.717, 1.165) is 34.0 Å². The Kier molecular flexibility index (Phi) is 11.0. The van der Waals surface area contributed by atoms with E-state index < -0.39 is 31.0 Å². The van der Waals surface area contributed by atoms with Crippen LogP contribution in [0.5, 0.6) is 5.75 Å². The van der Waals surface area contributed by atoms with Gasteiger partial charge < -0.3 is 19.9 Å². The summed E-state index contributed by atoms with van der Waals surface area (Å²) in [5.41, 5.74) is 4.96. The van der Waals surface area contributed by atoms with Gasteiger partial charge in [0.15, 0.2) is 0 Å². The SMILES string of the molecule is CCCC1=C2[C@@H](CC/C(=C/c3cc(Br)ccc3O)c3ccccc3)OB(O)C[C@@H]2[C@@H]2C(=O)N(CCCCCC(=O)O)C(=O)[C@@H]2C1. The Morgan fingerprint density at radius 2 is 1.84 bits per heavy atom. The molecule has 238 valence electrons. The first-order valence-electron chi connectivity index (χ1n) is 16.0. The first-order chi connectivity index (χ1) is 21.7.